The van der Waals surface area contributed by atoms with E-state index in [1.165, 1.54) is 6.08 Å². The van der Waals surface area contributed by atoms with Crippen LogP contribution < -0.4 is 9.62 Å². The van der Waals surface area contributed by atoms with Gasteiger partial charge in [-0.2, -0.15) is 5.26 Å². The Kier molecular flexibility index (Phi) is 5.65. The first-order chi connectivity index (χ1) is 11.3. The van der Waals surface area contributed by atoms with Gasteiger partial charge in [0.05, 0.1) is 0 Å². The van der Waals surface area contributed by atoms with E-state index in [9.17, 15) is 13.7 Å². The summed E-state index contributed by atoms with van der Waals surface area (Å²) in [5.41, 5.74) is 2.02. The van der Waals surface area contributed by atoms with Gasteiger partial charge in [-0.15, -0.1) is 0 Å². The molecule has 124 valence electrons. The van der Waals surface area contributed by atoms with Crippen molar-refractivity contribution in [3.05, 3.63) is 63.5 Å². The average Bonchev–Trinajstić information content (AvgIpc) is 2.54. The Balaban J connectivity index is 2.28. The Morgan fingerprint density at radius 1 is 1.12 bits per heavy atom. The molecule has 0 aliphatic carbocycles. The highest BCUT2D eigenvalue weighted by molar-refractivity contribution is 9.10. The highest BCUT2D eigenvalue weighted by Crippen LogP contribution is 2.20. The first-order valence-electron chi connectivity index (χ1n) is 6.99. The Morgan fingerprint density at radius 3 is 2.21 bits per heavy atom. The van der Waals surface area contributed by atoms with Gasteiger partial charge in [0.1, 0.15) is 6.07 Å². The summed E-state index contributed by atoms with van der Waals surface area (Å²) in [5.74, 6) is 0. The zero-order valence-corrected chi connectivity index (χ0v) is 15.6. The van der Waals surface area contributed by atoms with Crippen LogP contribution in [0.25, 0.3) is 6.08 Å². The number of nitriles is 1. The fraction of sp³-hybridized carbons (Fsp3) is 0.118. The van der Waals surface area contributed by atoms with Crippen molar-refractivity contribution < 1.29 is 8.42 Å². The zero-order valence-electron chi connectivity index (χ0n) is 13.2. The van der Waals surface area contributed by atoms with Crippen LogP contribution in [-0.2, 0) is 10.0 Å². The summed E-state index contributed by atoms with van der Waals surface area (Å²) < 4.78 is 28.0. The number of nitrogens with zero attached hydrogens (tertiary/aromatic N) is 2. The van der Waals surface area contributed by atoms with Crippen LogP contribution in [0.2, 0.25) is 0 Å². The van der Waals surface area contributed by atoms with Gasteiger partial charge in [-0.05, 0) is 48.0 Å². The fourth-order valence-corrected chi connectivity index (χ4v) is 3.15. The van der Waals surface area contributed by atoms with Crippen molar-refractivity contribution in [2.24, 2.45) is 0 Å². The number of halogens is 1. The Labute approximate surface area is 150 Å². The van der Waals surface area contributed by atoms with Gasteiger partial charge in [0.25, 0.3) is 10.0 Å². The fourth-order valence-electron chi connectivity index (χ4n) is 1.92. The van der Waals surface area contributed by atoms with Crippen LogP contribution in [0.3, 0.4) is 0 Å². The first-order valence-corrected chi connectivity index (χ1v) is 9.27. The van der Waals surface area contributed by atoms with Gasteiger partial charge in [-0.25, -0.2) is 8.42 Å². The van der Waals surface area contributed by atoms with E-state index >= 15 is 0 Å². The van der Waals surface area contributed by atoms with Crippen LogP contribution >= 0.6 is 15.9 Å². The predicted octanol–water partition coefficient (Wildman–Crippen LogP) is 3.82. The number of hydrogen-bond acceptors (Lipinski definition) is 4. The maximum absolute atomic E-state index is 12.4. The van der Waals surface area contributed by atoms with Crippen molar-refractivity contribution >= 4 is 43.4 Å². The number of allylic oxidation sites excluding steroid dienone is 1. The quantitative estimate of drug-likeness (QED) is 0.767. The minimum atomic E-state index is -3.94. The molecule has 0 amide bonds. The minimum Gasteiger partial charge on any atom is -0.378 e. The molecule has 2 aromatic carbocycles. The minimum absolute atomic E-state index is 0.344. The Bertz CT molecular complexity index is 881. The summed E-state index contributed by atoms with van der Waals surface area (Å²) in [6, 6.07) is 15.7. The lowest BCUT2D eigenvalue weighted by molar-refractivity contribution is 0.608. The van der Waals surface area contributed by atoms with Gasteiger partial charge in [-0.3, -0.25) is 4.72 Å². The second-order valence-corrected chi connectivity index (χ2v) is 7.79. The van der Waals surface area contributed by atoms with Crippen molar-refractivity contribution in [1.82, 2.24) is 0 Å². The Morgan fingerprint density at radius 2 is 1.71 bits per heavy atom. The molecule has 0 aliphatic heterocycles. The van der Waals surface area contributed by atoms with E-state index < -0.39 is 10.0 Å². The van der Waals surface area contributed by atoms with Crippen LogP contribution in [0.4, 0.5) is 11.4 Å². The van der Waals surface area contributed by atoms with E-state index in [0.717, 1.165) is 10.2 Å². The summed E-state index contributed by atoms with van der Waals surface area (Å²) in [6.45, 7) is 0. The largest absolute Gasteiger partial charge is 0.378 e. The van der Waals surface area contributed by atoms with E-state index in [-0.39, 0.29) is 4.91 Å². The number of nitrogens with one attached hydrogen (secondary N) is 1. The molecule has 2 aromatic rings. The number of anilines is 2. The predicted molar refractivity (Wildman–Crippen MR) is 101 cm³/mol. The summed E-state index contributed by atoms with van der Waals surface area (Å²) in [4.78, 5) is 1.59. The average molecular weight is 406 g/mol. The maximum atomic E-state index is 12.4. The molecule has 0 atom stereocenters. The highest BCUT2D eigenvalue weighted by atomic mass is 79.9. The molecule has 5 nitrogen and oxygen atoms in total. The van der Waals surface area contributed by atoms with Crippen LogP contribution in [0.15, 0.2) is 57.9 Å². The molecule has 0 radical (unpaired) electrons. The molecular formula is C17H16BrN3O2S. The molecule has 0 saturated carbocycles. The molecule has 0 unspecified atom stereocenters. The molecule has 0 bridgehead atoms. The Hall–Kier alpha value is -2.30. The van der Waals surface area contributed by atoms with E-state index in [2.05, 4.69) is 20.7 Å². The number of sulfonamides is 1. The lowest BCUT2D eigenvalue weighted by Gasteiger charge is -2.12. The summed E-state index contributed by atoms with van der Waals surface area (Å²) in [6.07, 6.45) is 1.35. The van der Waals surface area contributed by atoms with Gasteiger partial charge in [-0.1, -0.05) is 28.1 Å². The van der Waals surface area contributed by atoms with Crippen molar-refractivity contribution in [1.29, 1.82) is 5.26 Å². The maximum Gasteiger partial charge on any atom is 0.272 e. The SMILES string of the molecule is CN(C)c1ccc(/C=C(\C#N)S(=O)(=O)Nc2ccc(Br)cc2)cc1. The van der Waals surface area contributed by atoms with Gasteiger partial charge in [0.2, 0.25) is 0 Å². The van der Waals surface area contributed by atoms with Crippen molar-refractivity contribution in [2.75, 3.05) is 23.7 Å². The van der Waals surface area contributed by atoms with Gasteiger partial charge < -0.3 is 4.90 Å². The molecule has 0 fully saturated rings. The number of hydrogen-bond donors (Lipinski definition) is 1. The molecule has 2 rings (SSSR count). The van der Waals surface area contributed by atoms with E-state index in [1.54, 1.807) is 42.5 Å². The second-order valence-electron chi connectivity index (χ2n) is 5.22. The van der Waals surface area contributed by atoms with Gasteiger partial charge in [0, 0.05) is 29.9 Å². The smallest absolute Gasteiger partial charge is 0.272 e. The molecule has 24 heavy (non-hydrogen) atoms. The highest BCUT2D eigenvalue weighted by Gasteiger charge is 2.17. The molecule has 0 heterocycles. The normalized spacial score (nSPS) is 11.7. The van der Waals surface area contributed by atoms with E-state index in [1.807, 2.05) is 31.1 Å². The second kappa shape index (κ2) is 7.51. The van der Waals surface area contributed by atoms with Gasteiger partial charge >= 0.3 is 0 Å². The number of rotatable bonds is 5. The zero-order chi connectivity index (χ0) is 17.7. The van der Waals surface area contributed by atoms with Crippen molar-refractivity contribution in [3.63, 3.8) is 0 Å². The third-order valence-corrected chi connectivity index (χ3v) is 5.02. The summed E-state index contributed by atoms with van der Waals surface area (Å²) >= 11 is 3.28. The van der Waals surface area contributed by atoms with Crippen LogP contribution in [0.1, 0.15) is 5.56 Å². The molecule has 1 N–H and O–H groups in total. The third-order valence-electron chi connectivity index (χ3n) is 3.20. The van der Waals surface area contributed by atoms with Crippen molar-refractivity contribution in [2.45, 2.75) is 0 Å². The molecule has 0 aliphatic rings. The number of benzene rings is 2. The van der Waals surface area contributed by atoms with Crippen molar-refractivity contribution in [3.8, 4) is 6.07 Å². The molecule has 0 aromatic heterocycles. The molecular weight excluding hydrogens is 390 g/mol. The van der Waals surface area contributed by atoms with Crippen LogP contribution in [0, 0.1) is 11.3 Å². The molecule has 7 heteroatoms. The van der Waals surface area contributed by atoms with Gasteiger partial charge in [0.15, 0.2) is 4.91 Å². The van der Waals surface area contributed by atoms with E-state index in [0.29, 0.717) is 11.3 Å². The topological polar surface area (TPSA) is 73.2 Å². The molecule has 0 saturated heterocycles. The van der Waals surface area contributed by atoms with Crippen LogP contribution in [-0.4, -0.2) is 22.5 Å². The first kappa shape index (κ1) is 18.0. The van der Waals surface area contributed by atoms with E-state index in [4.69, 9.17) is 0 Å². The molecule has 0 spiro atoms. The summed E-state index contributed by atoms with van der Waals surface area (Å²) in [5, 5.41) is 9.23. The third kappa shape index (κ3) is 4.60. The summed E-state index contributed by atoms with van der Waals surface area (Å²) in [7, 11) is -0.109. The lowest BCUT2D eigenvalue weighted by Crippen LogP contribution is -2.14. The standard InChI is InChI=1S/C17H16BrN3O2S/c1-21(2)16-9-3-13(4-10-16)11-17(12-19)24(22,23)20-15-7-5-14(18)6-8-15/h3-11,20H,1-2H3/b17-11+. The van der Waals surface area contributed by atoms with Crippen LogP contribution in [0.5, 0.6) is 0 Å². The lowest BCUT2D eigenvalue weighted by atomic mass is 10.2. The monoisotopic (exact) mass is 405 g/mol.